The lowest BCUT2D eigenvalue weighted by molar-refractivity contribution is 0.0436. The fourth-order valence-electron chi connectivity index (χ4n) is 3.28. The summed E-state index contributed by atoms with van der Waals surface area (Å²) >= 11 is 0. The van der Waals surface area contributed by atoms with Gasteiger partial charge in [0.05, 0.1) is 6.10 Å². The summed E-state index contributed by atoms with van der Waals surface area (Å²) in [4.78, 5) is 13.3. The van der Waals surface area contributed by atoms with Gasteiger partial charge in [0.25, 0.3) is 0 Å². The van der Waals surface area contributed by atoms with Gasteiger partial charge in [-0.15, -0.1) is 0 Å². The van der Waals surface area contributed by atoms with Crippen LogP contribution in [0.15, 0.2) is 18.2 Å². The Morgan fingerprint density at radius 2 is 1.96 bits per heavy atom. The van der Waals surface area contributed by atoms with Gasteiger partial charge < -0.3 is 15.3 Å². The van der Waals surface area contributed by atoms with Crippen molar-refractivity contribution in [3.63, 3.8) is 0 Å². The van der Waals surface area contributed by atoms with Crippen LogP contribution >= 0.6 is 0 Å². The molecule has 3 N–H and O–H groups in total. The minimum atomic E-state index is -1.11. The third-order valence-corrected chi connectivity index (χ3v) is 4.59. The number of hydrogen-bond acceptors (Lipinski definition) is 4. The van der Waals surface area contributed by atoms with Crippen LogP contribution in [0, 0.1) is 11.8 Å². The first-order valence-electron chi connectivity index (χ1n) is 8.32. The zero-order valence-corrected chi connectivity index (χ0v) is 13.9. The van der Waals surface area contributed by atoms with E-state index >= 15 is 0 Å². The smallest absolute Gasteiger partial charge is 0.339 e. The van der Waals surface area contributed by atoms with Gasteiger partial charge in [-0.05, 0) is 61.9 Å². The van der Waals surface area contributed by atoms with Crippen molar-refractivity contribution in [3.05, 3.63) is 29.3 Å². The number of carbonyl (C=O) groups is 1. The maximum absolute atomic E-state index is 11.1. The van der Waals surface area contributed by atoms with E-state index in [2.05, 4.69) is 18.7 Å². The number of piperidine rings is 1. The van der Waals surface area contributed by atoms with Crippen LogP contribution < -0.4 is 0 Å². The van der Waals surface area contributed by atoms with E-state index in [9.17, 15) is 15.0 Å². The molecule has 1 heterocycles. The lowest BCUT2D eigenvalue weighted by atomic mass is 9.87. The summed E-state index contributed by atoms with van der Waals surface area (Å²) in [5, 5.41) is 28.9. The van der Waals surface area contributed by atoms with Crippen molar-refractivity contribution in [1.29, 1.82) is 0 Å². The van der Waals surface area contributed by atoms with Gasteiger partial charge >= 0.3 is 5.97 Å². The maximum Gasteiger partial charge on any atom is 0.339 e. The van der Waals surface area contributed by atoms with Crippen molar-refractivity contribution < 1.29 is 20.1 Å². The number of phenols is 1. The van der Waals surface area contributed by atoms with E-state index in [1.807, 2.05) is 0 Å². The van der Waals surface area contributed by atoms with E-state index in [4.69, 9.17) is 5.11 Å². The topological polar surface area (TPSA) is 81.0 Å². The highest BCUT2D eigenvalue weighted by Gasteiger charge is 2.25. The molecule has 1 aliphatic heterocycles. The van der Waals surface area contributed by atoms with E-state index < -0.39 is 5.97 Å². The Kier molecular flexibility index (Phi) is 6.02. The Morgan fingerprint density at radius 3 is 2.52 bits per heavy atom. The van der Waals surface area contributed by atoms with Crippen molar-refractivity contribution in [2.75, 3.05) is 13.1 Å². The zero-order chi connectivity index (χ0) is 17.0. The van der Waals surface area contributed by atoms with Crippen molar-refractivity contribution in [2.24, 2.45) is 11.8 Å². The molecule has 0 radical (unpaired) electrons. The van der Waals surface area contributed by atoms with Gasteiger partial charge in [0, 0.05) is 6.54 Å². The molecule has 2 rings (SSSR count). The maximum atomic E-state index is 11.1. The number of likely N-dealkylation sites (tertiary alicyclic amines) is 1. The molecule has 0 spiro atoms. The van der Waals surface area contributed by atoms with Gasteiger partial charge in [-0.1, -0.05) is 19.9 Å². The Bertz CT molecular complexity index is 536. The van der Waals surface area contributed by atoms with Crippen LogP contribution in [0.1, 0.15) is 49.0 Å². The van der Waals surface area contributed by atoms with E-state index in [0.717, 1.165) is 37.9 Å². The Morgan fingerprint density at radius 1 is 1.30 bits per heavy atom. The van der Waals surface area contributed by atoms with Crippen molar-refractivity contribution in [1.82, 2.24) is 4.90 Å². The third-order valence-electron chi connectivity index (χ3n) is 4.59. The quantitative estimate of drug-likeness (QED) is 0.750. The van der Waals surface area contributed by atoms with Crippen LogP contribution in [0.3, 0.4) is 0 Å². The molecule has 1 fully saturated rings. The summed E-state index contributed by atoms with van der Waals surface area (Å²) in [5.74, 6) is -0.436. The molecule has 5 heteroatoms. The van der Waals surface area contributed by atoms with Gasteiger partial charge in [-0.3, -0.25) is 4.90 Å². The summed E-state index contributed by atoms with van der Waals surface area (Å²) in [6.45, 7) is 6.74. The summed E-state index contributed by atoms with van der Waals surface area (Å²) in [5.41, 5.74) is 0.839. The lowest BCUT2D eigenvalue weighted by Crippen LogP contribution is -2.37. The van der Waals surface area contributed by atoms with E-state index in [-0.39, 0.29) is 17.4 Å². The van der Waals surface area contributed by atoms with Gasteiger partial charge in [-0.2, -0.15) is 0 Å². The predicted molar refractivity (Wildman–Crippen MR) is 88.5 cm³/mol. The number of aliphatic hydroxyl groups is 1. The normalized spacial score (nSPS) is 18.3. The number of rotatable bonds is 6. The molecule has 1 aromatic carbocycles. The van der Waals surface area contributed by atoms with Crippen molar-refractivity contribution in [2.45, 2.75) is 45.8 Å². The van der Waals surface area contributed by atoms with Crippen LogP contribution in [0.2, 0.25) is 0 Å². The second-order valence-electron chi connectivity index (χ2n) is 6.97. The molecule has 0 saturated carbocycles. The highest BCUT2D eigenvalue weighted by atomic mass is 16.4. The molecular weight excluding hydrogens is 294 g/mol. The standard InChI is InChI=1S/C18H27NO4/c1-12(2)9-17(21)14-5-7-19(8-6-14)11-13-3-4-16(20)15(10-13)18(22)23/h3-4,10,12,14,17,20-21H,5-9,11H2,1-2H3,(H,22,23). The lowest BCUT2D eigenvalue weighted by Gasteiger charge is -2.34. The first-order chi connectivity index (χ1) is 10.9. The number of benzene rings is 1. The highest BCUT2D eigenvalue weighted by molar-refractivity contribution is 5.90. The molecule has 1 saturated heterocycles. The largest absolute Gasteiger partial charge is 0.507 e. The minimum absolute atomic E-state index is 0.0512. The number of aromatic hydroxyl groups is 1. The Hall–Kier alpha value is -1.59. The van der Waals surface area contributed by atoms with E-state index in [0.29, 0.717) is 18.4 Å². The number of carboxylic acids is 1. The Labute approximate surface area is 137 Å². The SMILES string of the molecule is CC(C)CC(O)C1CCN(Cc2ccc(O)c(C(=O)O)c2)CC1. The second kappa shape index (κ2) is 7.79. The molecule has 128 valence electrons. The van der Waals surface area contributed by atoms with Crippen molar-refractivity contribution >= 4 is 5.97 Å². The molecule has 5 nitrogen and oxygen atoms in total. The number of aromatic carboxylic acids is 1. The van der Waals surface area contributed by atoms with Gasteiger partial charge in [0.2, 0.25) is 0 Å². The molecule has 23 heavy (non-hydrogen) atoms. The van der Waals surface area contributed by atoms with E-state index in [1.165, 1.54) is 12.1 Å². The van der Waals surface area contributed by atoms with E-state index in [1.54, 1.807) is 6.07 Å². The molecule has 0 bridgehead atoms. The molecule has 0 amide bonds. The fraction of sp³-hybridized carbons (Fsp3) is 0.611. The third kappa shape index (κ3) is 4.94. The predicted octanol–water partition coefficient (Wildman–Crippen LogP) is 2.71. The first-order valence-corrected chi connectivity index (χ1v) is 8.32. The average molecular weight is 321 g/mol. The zero-order valence-electron chi connectivity index (χ0n) is 13.9. The van der Waals surface area contributed by atoms with Gasteiger partial charge in [0.1, 0.15) is 11.3 Å². The molecule has 1 atom stereocenters. The number of nitrogens with zero attached hydrogens (tertiary/aromatic N) is 1. The average Bonchev–Trinajstić information content (AvgIpc) is 2.49. The van der Waals surface area contributed by atoms with Crippen LogP contribution in [-0.2, 0) is 6.54 Å². The monoisotopic (exact) mass is 321 g/mol. The number of aliphatic hydroxyl groups excluding tert-OH is 1. The van der Waals surface area contributed by atoms with Crippen LogP contribution in [0.4, 0.5) is 0 Å². The van der Waals surface area contributed by atoms with Crippen LogP contribution in [0.5, 0.6) is 5.75 Å². The first kappa shape index (κ1) is 17.8. The molecule has 0 aromatic heterocycles. The fourth-order valence-corrected chi connectivity index (χ4v) is 3.28. The van der Waals surface area contributed by atoms with Crippen LogP contribution in [-0.4, -0.2) is 45.4 Å². The molecule has 0 aliphatic carbocycles. The molecule has 1 aromatic rings. The van der Waals surface area contributed by atoms with Gasteiger partial charge in [-0.25, -0.2) is 4.79 Å². The molecule has 1 aliphatic rings. The Balaban J connectivity index is 1.89. The second-order valence-corrected chi connectivity index (χ2v) is 6.97. The number of carboxylic acid groups (broad SMARTS) is 1. The summed E-state index contributed by atoms with van der Waals surface area (Å²) < 4.78 is 0. The van der Waals surface area contributed by atoms with Gasteiger partial charge in [0.15, 0.2) is 0 Å². The molecular formula is C18H27NO4. The summed E-state index contributed by atoms with van der Waals surface area (Å²) in [6.07, 6.45) is 2.57. The summed E-state index contributed by atoms with van der Waals surface area (Å²) in [6, 6.07) is 4.75. The molecule has 1 unspecified atom stereocenters. The highest BCUT2D eigenvalue weighted by Crippen LogP contribution is 2.26. The number of hydrogen-bond donors (Lipinski definition) is 3. The van der Waals surface area contributed by atoms with Crippen molar-refractivity contribution in [3.8, 4) is 5.75 Å². The minimum Gasteiger partial charge on any atom is -0.507 e. The van der Waals surface area contributed by atoms with Crippen LogP contribution in [0.25, 0.3) is 0 Å². The summed E-state index contributed by atoms with van der Waals surface area (Å²) in [7, 11) is 0.